The molecule has 1 N–H and O–H groups in total. The second-order valence-corrected chi connectivity index (χ2v) is 6.30. The highest BCUT2D eigenvalue weighted by atomic mass is 16.5. The minimum atomic E-state index is -0.240. The summed E-state index contributed by atoms with van der Waals surface area (Å²) >= 11 is 0. The Balaban J connectivity index is 1.60. The summed E-state index contributed by atoms with van der Waals surface area (Å²) in [5, 5.41) is 2.90. The quantitative estimate of drug-likeness (QED) is 0.512. The number of para-hydroxylation sites is 1. The number of rotatable bonds is 6. The number of pyridine rings is 1. The minimum absolute atomic E-state index is 0.240. The van der Waals surface area contributed by atoms with Gasteiger partial charge in [-0.3, -0.25) is 14.7 Å². The fourth-order valence-electron chi connectivity index (χ4n) is 3.00. The molecule has 7 heteroatoms. The molecule has 0 aliphatic carbocycles. The summed E-state index contributed by atoms with van der Waals surface area (Å²) in [4.78, 5) is 27.4. The number of anilines is 4. The molecule has 2 heterocycles. The van der Waals surface area contributed by atoms with Gasteiger partial charge >= 0.3 is 0 Å². The topological polar surface area (TPSA) is 80.2 Å². The van der Waals surface area contributed by atoms with Crippen molar-refractivity contribution < 1.29 is 9.53 Å². The number of amides is 1. The lowest BCUT2D eigenvalue weighted by Crippen LogP contribution is -2.14. The fraction of sp³-hybridized carbons (Fsp3) is 0.0435. The minimum Gasteiger partial charge on any atom is -0.496 e. The van der Waals surface area contributed by atoms with Gasteiger partial charge in [0.25, 0.3) is 5.91 Å². The molecule has 0 spiro atoms. The zero-order valence-electron chi connectivity index (χ0n) is 16.3. The van der Waals surface area contributed by atoms with Gasteiger partial charge in [0.05, 0.1) is 24.6 Å². The molecule has 148 valence electrons. The molecule has 0 saturated heterocycles. The normalized spacial score (nSPS) is 10.3. The third kappa shape index (κ3) is 4.10. The van der Waals surface area contributed by atoms with E-state index in [-0.39, 0.29) is 5.91 Å². The van der Waals surface area contributed by atoms with E-state index in [4.69, 9.17) is 4.74 Å². The average Bonchev–Trinajstić information content (AvgIpc) is 2.82. The third-order valence-electron chi connectivity index (χ3n) is 4.39. The number of methoxy groups -OCH3 is 1. The summed E-state index contributed by atoms with van der Waals surface area (Å²) in [5.74, 6) is 0.808. The molecule has 0 aliphatic rings. The van der Waals surface area contributed by atoms with Crippen LogP contribution in [0.2, 0.25) is 0 Å². The van der Waals surface area contributed by atoms with Crippen LogP contribution in [0, 0.1) is 0 Å². The van der Waals surface area contributed by atoms with E-state index in [0.717, 1.165) is 11.4 Å². The zero-order chi connectivity index (χ0) is 20.8. The van der Waals surface area contributed by atoms with Crippen LogP contribution < -0.4 is 15.0 Å². The molecule has 0 radical (unpaired) electrons. The Hall–Kier alpha value is -4.26. The van der Waals surface area contributed by atoms with Crippen molar-refractivity contribution in [3.05, 3.63) is 97.1 Å². The summed E-state index contributed by atoms with van der Waals surface area (Å²) < 4.78 is 5.27. The summed E-state index contributed by atoms with van der Waals surface area (Å²) in [6, 6.07) is 20.1. The van der Waals surface area contributed by atoms with Gasteiger partial charge in [-0.2, -0.15) is 0 Å². The molecule has 7 nitrogen and oxygen atoms in total. The highest BCUT2D eigenvalue weighted by Gasteiger charge is 2.16. The molecule has 4 rings (SSSR count). The number of ether oxygens (including phenoxy) is 1. The molecule has 0 aliphatic heterocycles. The number of carbonyl (C=O) groups excluding carboxylic acids is 1. The largest absolute Gasteiger partial charge is 0.496 e. The Bertz CT molecular complexity index is 1080. The van der Waals surface area contributed by atoms with Gasteiger partial charge in [0.2, 0.25) is 5.95 Å². The smallest absolute Gasteiger partial charge is 0.259 e. The van der Waals surface area contributed by atoms with E-state index in [1.807, 2.05) is 47.4 Å². The van der Waals surface area contributed by atoms with Crippen LogP contribution >= 0.6 is 0 Å². The molecular weight excluding hydrogens is 378 g/mol. The van der Waals surface area contributed by atoms with Crippen molar-refractivity contribution in [2.24, 2.45) is 0 Å². The van der Waals surface area contributed by atoms with E-state index in [9.17, 15) is 4.79 Å². The number of carbonyl (C=O) groups is 1. The second-order valence-electron chi connectivity index (χ2n) is 6.30. The van der Waals surface area contributed by atoms with Gasteiger partial charge in [0.15, 0.2) is 0 Å². The van der Waals surface area contributed by atoms with Crippen molar-refractivity contribution >= 4 is 28.9 Å². The van der Waals surface area contributed by atoms with Crippen LogP contribution in [0.15, 0.2) is 91.5 Å². The maximum absolute atomic E-state index is 12.6. The number of benzene rings is 2. The van der Waals surface area contributed by atoms with Gasteiger partial charge in [-0.1, -0.05) is 12.1 Å². The standard InChI is InChI=1S/C23H19N5O2/c1-30-21-8-3-2-7-20(21)22(29)27-17-9-11-18(12-10-17)28(19-6-4-13-24-16-19)23-25-14-5-15-26-23/h2-16H,1H3,(H,27,29). The highest BCUT2D eigenvalue weighted by Crippen LogP contribution is 2.32. The van der Waals surface area contributed by atoms with Crippen molar-refractivity contribution in [2.75, 3.05) is 17.3 Å². The Labute approximate surface area is 174 Å². The molecule has 0 unspecified atom stereocenters. The predicted molar refractivity (Wildman–Crippen MR) is 115 cm³/mol. The van der Waals surface area contributed by atoms with Crippen LogP contribution in [-0.2, 0) is 0 Å². The average molecular weight is 397 g/mol. The van der Waals surface area contributed by atoms with Gasteiger partial charge in [0.1, 0.15) is 5.75 Å². The molecule has 0 saturated carbocycles. The van der Waals surface area contributed by atoms with Gasteiger partial charge in [0, 0.05) is 30.0 Å². The molecule has 0 atom stereocenters. The molecule has 1 amide bonds. The Morgan fingerprint density at radius 3 is 2.33 bits per heavy atom. The van der Waals surface area contributed by atoms with E-state index in [1.54, 1.807) is 56.2 Å². The molecule has 0 bridgehead atoms. The van der Waals surface area contributed by atoms with Crippen molar-refractivity contribution in [1.82, 2.24) is 15.0 Å². The van der Waals surface area contributed by atoms with E-state index in [2.05, 4.69) is 20.3 Å². The van der Waals surface area contributed by atoms with Crippen LogP contribution in [0.4, 0.5) is 23.0 Å². The first-order valence-electron chi connectivity index (χ1n) is 9.28. The molecule has 2 aromatic carbocycles. The Morgan fingerprint density at radius 2 is 1.63 bits per heavy atom. The summed E-state index contributed by atoms with van der Waals surface area (Å²) in [5.41, 5.74) is 2.80. The lowest BCUT2D eigenvalue weighted by atomic mass is 10.1. The fourth-order valence-corrected chi connectivity index (χ4v) is 3.00. The summed E-state index contributed by atoms with van der Waals surface area (Å²) in [6.07, 6.45) is 6.83. The van der Waals surface area contributed by atoms with Crippen LogP contribution in [0.25, 0.3) is 0 Å². The van der Waals surface area contributed by atoms with Gasteiger partial charge in [-0.15, -0.1) is 0 Å². The molecule has 0 fully saturated rings. The molecule has 30 heavy (non-hydrogen) atoms. The molecule has 2 aromatic heterocycles. The molecular formula is C23H19N5O2. The third-order valence-corrected chi connectivity index (χ3v) is 4.39. The van der Waals surface area contributed by atoms with Crippen LogP contribution in [0.3, 0.4) is 0 Å². The van der Waals surface area contributed by atoms with Crippen molar-refractivity contribution in [3.8, 4) is 5.75 Å². The Morgan fingerprint density at radius 1 is 0.867 bits per heavy atom. The number of nitrogens with zero attached hydrogens (tertiary/aromatic N) is 4. The second kappa shape index (κ2) is 8.83. The molecule has 4 aromatic rings. The lowest BCUT2D eigenvalue weighted by Gasteiger charge is -2.22. The first-order chi connectivity index (χ1) is 14.8. The maximum atomic E-state index is 12.6. The van der Waals surface area contributed by atoms with Gasteiger partial charge in [-0.05, 0) is 54.6 Å². The highest BCUT2D eigenvalue weighted by molar-refractivity contribution is 6.06. The number of aromatic nitrogens is 3. The van der Waals surface area contributed by atoms with Crippen molar-refractivity contribution in [2.45, 2.75) is 0 Å². The lowest BCUT2D eigenvalue weighted by molar-refractivity contribution is 0.102. The zero-order valence-corrected chi connectivity index (χ0v) is 16.3. The Kier molecular flexibility index (Phi) is 5.61. The van der Waals surface area contributed by atoms with E-state index in [1.165, 1.54) is 0 Å². The first-order valence-corrected chi connectivity index (χ1v) is 9.28. The predicted octanol–water partition coefficient (Wildman–Crippen LogP) is 4.60. The van der Waals surface area contributed by atoms with Crippen LogP contribution in [-0.4, -0.2) is 28.0 Å². The van der Waals surface area contributed by atoms with Crippen LogP contribution in [0.5, 0.6) is 5.75 Å². The summed E-state index contributed by atoms with van der Waals surface area (Å²) in [6.45, 7) is 0. The van der Waals surface area contributed by atoms with E-state index >= 15 is 0 Å². The SMILES string of the molecule is COc1ccccc1C(=O)Nc1ccc(N(c2cccnc2)c2ncccn2)cc1. The number of hydrogen-bond donors (Lipinski definition) is 1. The number of hydrogen-bond acceptors (Lipinski definition) is 6. The van der Waals surface area contributed by atoms with Gasteiger partial charge < -0.3 is 10.1 Å². The summed E-state index contributed by atoms with van der Waals surface area (Å²) in [7, 11) is 1.54. The van der Waals surface area contributed by atoms with Crippen molar-refractivity contribution in [1.29, 1.82) is 0 Å². The monoisotopic (exact) mass is 397 g/mol. The maximum Gasteiger partial charge on any atom is 0.259 e. The van der Waals surface area contributed by atoms with E-state index in [0.29, 0.717) is 22.9 Å². The van der Waals surface area contributed by atoms with Crippen molar-refractivity contribution in [3.63, 3.8) is 0 Å². The van der Waals surface area contributed by atoms with Gasteiger partial charge in [-0.25, -0.2) is 9.97 Å². The van der Waals surface area contributed by atoms with E-state index < -0.39 is 0 Å². The number of nitrogens with one attached hydrogen (secondary N) is 1. The first kappa shape index (κ1) is 19.1. The van der Waals surface area contributed by atoms with Crippen LogP contribution in [0.1, 0.15) is 10.4 Å².